The Morgan fingerprint density at radius 3 is 1.67 bits per heavy atom. The van der Waals surface area contributed by atoms with Crippen LogP contribution < -0.4 is 5.32 Å². The molecule has 134 valence electrons. The molecule has 0 aliphatic carbocycles. The van der Waals surface area contributed by atoms with Gasteiger partial charge in [-0.15, -0.1) is 0 Å². The highest BCUT2D eigenvalue weighted by molar-refractivity contribution is 7.99. The minimum absolute atomic E-state index is 0.145. The van der Waals surface area contributed by atoms with Crippen LogP contribution in [0.25, 0.3) is 0 Å². The molecule has 0 heterocycles. The standard InChI is InChI=1S/C17H5F5N4S/c18-12-13(19)15(21)17(16(22)14(12)20)27-10-3-1-9(2-4-10)26-11(7-25)8(5-23)6-24/h1-4,26H. The van der Waals surface area contributed by atoms with Gasteiger partial charge in [0.1, 0.15) is 23.9 Å². The second-order valence-corrected chi connectivity index (χ2v) is 5.82. The van der Waals surface area contributed by atoms with Crippen molar-refractivity contribution in [3.05, 3.63) is 64.6 Å². The molecule has 0 amide bonds. The van der Waals surface area contributed by atoms with E-state index >= 15 is 0 Å². The van der Waals surface area contributed by atoms with E-state index in [1.807, 2.05) is 0 Å². The van der Waals surface area contributed by atoms with Crippen molar-refractivity contribution >= 4 is 17.4 Å². The van der Waals surface area contributed by atoms with Gasteiger partial charge in [-0.05, 0) is 24.3 Å². The van der Waals surface area contributed by atoms with Crippen LogP contribution in [0.15, 0.2) is 45.3 Å². The van der Waals surface area contributed by atoms with Crippen LogP contribution in [0.5, 0.6) is 0 Å². The van der Waals surface area contributed by atoms with E-state index in [1.54, 1.807) is 6.07 Å². The van der Waals surface area contributed by atoms with Gasteiger partial charge in [-0.2, -0.15) is 15.8 Å². The lowest BCUT2D eigenvalue weighted by molar-refractivity contribution is 0.361. The average Bonchev–Trinajstić information content (AvgIpc) is 2.69. The van der Waals surface area contributed by atoms with E-state index in [-0.39, 0.29) is 16.3 Å². The molecular weight excluding hydrogens is 387 g/mol. The van der Waals surface area contributed by atoms with Crippen LogP contribution in [-0.4, -0.2) is 0 Å². The molecule has 0 aliphatic rings. The van der Waals surface area contributed by atoms with Gasteiger partial charge in [0.05, 0.1) is 4.90 Å². The fourth-order valence-electron chi connectivity index (χ4n) is 1.83. The Morgan fingerprint density at radius 1 is 0.741 bits per heavy atom. The number of allylic oxidation sites excluding steroid dienone is 2. The molecule has 0 aliphatic heterocycles. The summed E-state index contributed by atoms with van der Waals surface area (Å²) in [6, 6.07) is 9.96. The Morgan fingerprint density at radius 2 is 1.22 bits per heavy atom. The zero-order valence-corrected chi connectivity index (χ0v) is 13.8. The Labute approximate surface area is 153 Å². The molecule has 27 heavy (non-hydrogen) atoms. The van der Waals surface area contributed by atoms with Crippen molar-refractivity contribution < 1.29 is 22.0 Å². The zero-order chi connectivity index (χ0) is 20.1. The fourth-order valence-corrected chi connectivity index (χ4v) is 2.69. The Balaban J connectivity index is 2.31. The number of nitrogens with one attached hydrogen (secondary N) is 1. The molecule has 0 bridgehead atoms. The van der Waals surface area contributed by atoms with Crippen LogP contribution in [0, 0.1) is 63.1 Å². The molecule has 2 rings (SSSR count). The Kier molecular flexibility index (Phi) is 6.02. The highest BCUT2D eigenvalue weighted by Gasteiger charge is 2.26. The van der Waals surface area contributed by atoms with E-state index in [4.69, 9.17) is 15.8 Å². The number of hydrogen-bond donors (Lipinski definition) is 1. The fraction of sp³-hybridized carbons (Fsp3) is 0. The molecule has 0 radical (unpaired) electrons. The first-order valence-electron chi connectivity index (χ1n) is 6.85. The molecule has 0 atom stereocenters. The summed E-state index contributed by atoms with van der Waals surface area (Å²) in [5.41, 5.74) is -0.492. The normalized spacial score (nSPS) is 9.70. The molecule has 4 nitrogen and oxygen atoms in total. The maximum Gasteiger partial charge on any atom is 0.200 e. The molecule has 0 saturated carbocycles. The van der Waals surface area contributed by atoms with Crippen molar-refractivity contribution in [2.24, 2.45) is 0 Å². The van der Waals surface area contributed by atoms with Crippen molar-refractivity contribution in [2.45, 2.75) is 9.79 Å². The summed E-state index contributed by atoms with van der Waals surface area (Å²) < 4.78 is 66.9. The summed E-state index contributed by atoms with van der Waals surface area (Å²) in [5, 5.41) is 29.0. The topological polar surface area (TPSA) is 83.4 Å². The molecule has 0 fully saturated rings. The van der Waals surface area contributed by atoms with E-state index in [1.165, 1.54) is 36.4 Å². The van der Waals surface area contributed by atoms with Gasteiger partial charge in [0, 0.05) is 10.6 Å². The largest absolute Gasteiger partial charge is 0.345 e. The highest BCUT2D eigenvalue weighted by atomic mass is 32.2. The number of nitrogens with zero attached hydrogens (tertiary/aromatic N) is 3. The van der Waals surface area contributed by atoms with Gasteiger partial charge < -0.3 is 5.32 Å². The second kappa shape index (κ2) is 8.22. The number of nitriles is 3. The van der Waals surface area contributed by atoms with E-state index in [0.29, 0.717) is 11.8 Å². The molecule has 0 spiro atoms. The summed E-state index contributed by atoms with van der Waals surface area (Å²) in [6.07, 6.45) is 0. The van der Waals surface area contributed by atoms with E-state index in [2.05, 4.69) is 5.32 Å². The third-order valence-electron chi connectivity index (χ3n) is 3.10. The van der Waals surface area contributed by atoms with Crippen LogP contribution in [-0.2, 0) is 0 Å². The lowest BCUT2D eigenvalue weighted by atomic mass is 10.2. The zero-order valence-electron chi connectivity index (χ0n) is 12.9. The molecule has 2 aromatic rings. The molecule has 0 aromatic heterocycles. The van der Waals surface area contributed by atoms with E-state index < -0.39 is 39.6 Å². The predicted molar refractivity (Wildman–Crippen MR) is 84.3 cm³/mol. The van der Waals surface area contributed by atoms with Crippen molar-refractivity contribution in [1.82, 2.24) is 0 Å². The number of anilines is 1. The third kappa shape index (κ3) is 4.00. The number of hydrogen-bond acceptors (Lipinski definition) is 5. The lowest BCUT2D eigenvalue weighted by Crippen LogP contribution is -2.03. The van der Waals surface area contributed by atoms with Gasteiger partial charge in [-0.25, -0.2) is 22.0 Å². The van der Waals surface area contributed by atoms with E-state index in [9.17, 15) is 22.0 Å². The summed E-state index contributed by atoms with van der Waals surface area (Å²) in [7, 11) is 0. The highest BCUT2D eigenvalue weighted by Crippen LogP contribution is 2.36. The van der Waals surface area contributed by atoms with Gasteiger partial charge >= 0.3 is 0 Å². The minimum Gasteiger partial charge on any atom is -0.345 e. The summed E-state index contributed by atoms with van der Waals surface area (Å²) in [6.45, 7) is 0. The first kappa shape index (κ1) is 19.8. The van der Waals surface area contributed by atoms with Crippen LogP contribution in [0.4, 0.5) is 27.6 Å². The molecule has 0 saturated heterocycles. The quantitative estimate of drug-likeness (QED) is 0.351. The van der Waals surface area contributed by atoms with Gasteiger partial charge in [-0.3, -0.25) is 0 Å². The maximum atomic E-state index is 13.7. The molecule has 0 unspecified atom stereocenters. The number of benzene rings is 2. The van der Waals surface area contributed by atoms with Crippen molar-refractivity contribution in [3.63, 3.8) is 0 Å². The van der Waals surface area contributed by atoms with Crippen molar-refractivity contribution in [3.8, 4) is 18.2 Å². The first-order valence-corrected chi connectivity index (χ1v) is 7.66. The van der Waals surface area contributed by atoms with Crippen LogP contribution in [0.2, 0.25) is 0 Å². The molecular formula is C17H5F5N4S. The number of halogens is 5. The maximum absolute atomic E-state index is 13.7. The summed E-state index contributed by atoms with van der Waals surface area (Å²) in [5.74, 6) is -10.2. The Hall–Kier alpha value is -3.55. The van der Waals surface area contributed by atoms with Crippen LogP contribution in [0.1, 0.15) is 0 Å². The number of rotatable bonds is 4. The molecule has 10 heteroatoms. The van der Waals surface area contributed by atoms with Crippen molar-refractivity contribution in [1.29, 1.82) is 15.8 Å². The van der Waals surface area contributed by atoms with Gasteiger partial charge in [0.25, 0.3) is 0 Å². The first-order chi connectivity index (χ1) is 12.8. The summed E-state index contributed by atoms with van der Waals surface area (Å²) >= 11 is 0.320. The monoisotopic (exact) mass is 392 g/mol. The van der Waals surface area contributed by atoms with Gasteiger partial charge in [0.15, 0.2) is 28.8 Å². The van der Waals surface area contributed by atoms with Crippen LogP contribution >= 0.6 is 11.8 Å². The molecule has 1 N–H and O–H groups in total. The van der Waals surface area contributed by atoms with Crippen LogP contribution in [0.3, 0.4) is 0 Å². The van der Waals surface area contributed by atoms with Gasteiger partial charge in [-0.1, -0.05) is 11.8 Å². The van der Waals surface area contributed by atoms with Gasteiger partial charge in [0.2, 0.25) is 5.82 Å². The average molecular weight is 392 g/mol. The van der Waals surface area contributed by atoms with E-state index in [0.717, 1.165) is 0 Å². The lowest BCUT2D eigenvalue weighted by Gasteiger charge is -2.09. The smallest absolute Gasteiger partial charge is 0.200 e. The van der Waals surface area contributed by atoms with Crippen molar-refractivity contribution in [2.75, 3.05) is 5.32 Å². The third-order valence-corrected chi connectivity index (χ3v) is 4.17. The second-order valence-electron chi connectivity index (χ2n) is 4.74. The Bertz CT molecular complexity index is 1010. The SMILES string of the molecule is N#CC(C#N)=C(C#N)Nc1ccc(Sc2c(F)c(F)c(F)c(F)c2F)cc1. The minimum atomic E-state index is -2.24. The summed E-state index contributed by atoms with van der Waals surface area (Å²) in [4.78, 5) is -0.909. The predicted octanol–water partition coefficient (Wildman–Crippen LogP) is 4.77. The molecule has 2 aromatic carbocycles.